The van der Waals surface area contributed by atoms with Crippen molar-refractivity contribution in [3.8, 4) is 6.07 Å². The summed E-state index contributed by atoms with van der Waals surface area (Å²) in [4.78, 5) is 0. The highest BCUT2D eigenvalue weighted by Crippen LogP contribution is 2.42. The number of rotatable bonds is 3. The van der Waals surface area contributed by atoms with Crippen molar-refractivity contribution < 1.29 is 0 Å². The van der Waals surface area contributed by atoms with Gasteiger partial charge in [0, 0.05) is 0 Å². The Bertz CT molecular complexity index is 183. The Balaban J connectivity index is 2.44. The molecule has 4 atom stereocenters. The molecule has 0 aromatic rings. The van der Waals surface area contributed by atoms with E-state index in [9.17, 15) is 0 Å². The molecule has 0 amide bonds. The lowest BCUT2D eigenvalue weighted by Gasteiger charge is -2.41. The number of nitrogens with two attached hydrogens (primary N) is 1. The minimum atomic E-state index is -0.224. The summed E-state index contributed by atoms with van der Waals surface area (Å²) in [5.41, 5.74) is 5.70. The second kappa shape index (κ2) is 3.91. The molecular formula is C10H18N2. The third-order valence-electron chi connectivity index (χ3n) is 3.37. The summed E-state index contributed by atoms with van der Waals surface area (Å²) in [6.07, 6.45) is 3.64. The first-order valence-electron chi connectivity index (χ1n) is 4.85. The van der Waals surface area contributed by atoms with E-state index in [1.165, 1.54) is 12.8 Å². The van der Waals surface area contributed by atoms with Crippen LogP contribution in [-0.4, -0.2) is 6.04 Å². The monoisotopic (exact) mass is 166 g/mol. The van der Waals surface area contributed by atoms with Crippen LogP contribution in [-0.2, 0) is 0 Å². The zero-order valence-electron chi connectivity index (χ0n) is 7.96. The first-order valence-corrected chi connectivity index (χ1v) is 4.85. The fourth-order valence-corrected chi connectivity index (χ4v) is 2.10. The largest absolute Gasteiger partial charge is 0.316 e. The summed E-state index contributed by atoms with van der Waals surface area (Å²) in [7, 11) is 0. The lowest BCUT2D eigenvalue weighted by Crippen LogP contribution is -2.43. The number of nitriles is 1. The van der Waals surface area contributed by atoms with E-state index in [4.69, 9.17) is 11.0 Å². The Kier molecular flexibility index (Phi) is 3.11. The molecule has 1 aliphatic carbocycles. The van der Waals surface area contributed by atoms with Crippen LogP contribution < -0.4 is 5.73 Å². The maximum atomic E-state index is 8.67. The van der Waals surface area contributed by atoms with Crippen LogP contribution >= 0.6 is 0 Å². The molecule has 4 unspecified atom stereocenters. The Morgan fingerprint density at radius 2 is 2.08 bits per heavy atom. The SMILES string of the molecule is CCC(C)C1CCC1C(N)C#N. The third-order valence-corrected chi connectivity index (χ3v) is 3.37. The Morgan fingerprint density at radius 3 is 2.42 bits per heavy atom. The normalized spacial score (nSPS) is 33.2. The molecule has 0 heterocycles. The van der Waals surface area contributed by atoms with Crippen molar-refractivity contribution in [3.05, 3.63) is 0 Å². The molecule has 0 spiro atoms. The van der Waals surface area contributed by atoms with Gasteiger partial charge in [-0.1, -0.05) is 20.3 Å². The number of hydrogen-bond donors (Lipinski definition) is 1. The van der Waals surface area contributed by atoms with Crippen LogP contribution in [0.1, 0.15) is 33.1 Å². The van der Waals surface area contributed by atoms with E-state index in [2.05, 4.69) is 19.9 Å². The Hall–Kier alpha value is -0.550. The lowest BCUT2D eigenvalue weighted by molar-refractivity contribution is 0.101. The minimum absolute atomic E-state index is 0.224. The van der Waals surface area contributed by atoms with Gasteiger partial charge < -0.3 is 5.73 Å². The molecule has 2 nitrogen and oxygen atoms in total. The molecule has 1 fully saturated rings. The molecule has 0 radical (unpaired) electrons. The van der Waals surface area contributed by atoms with Gasteiger partial charge in [0.1, 0.15) is 0 Å². The van der Waals surface area contributed by atoms with Gasteiger partial charge >= 0.3 is 0 Å². The van der Waals surface area contributed by atoms with E-state index in [-0.39, 0.29) is 6.04 Å². The molecular weight excluding hydrogens is 148 g/mol. The van der Waals surface area contributed by atoms with Crippen LogP contribution in [0.4, 0.5) is 0 Å². The first kappa shape index (κ1) is 9.54. The topological polar surface area (TPSA) is 49.8 Å². The lowest BCUT2D eigenvalue weighted by atomic mass is 9.64. The van der Waals surface area contributed by atoms with E-state index >= 15 is 0 Å². The predicted octanol–water partition coefficient (Wildman–Crippen LogP) is 1.91. The van der Waals surface area contributed by atoms with Crippen molar-refractivity contribution >= 4 is 0 Å². The summed E-state index contributed by atoms with van der Waals surface area (Å²) < 4.78 is 0. The van der Waals surface area contributed by atoms with Gasteiger partial charge in [-0.05, 0) is 30.6 Å². The van der Waals surface area contributed by atoms with Crippen molar-refractivity contribution in [1.29, 1.82) is 5.26 Å². The van der Waals surface area contributed by atoms with Crippen LogP contribution in [0.25, 0.3) is 0 Å². The molecule has 1 rings (SSSR count). The van der Waals surface area contributed by atoms with Crippen molar-refractivity contribution in [2.45, 2.75) is 39.2 Å². The predicted molar refractivity (Wildman–Crippen MR) is 49.3 cm³/mol. The first-order chi connectivity index (χ1) is 5.70. The fraction of sp³-hybridized carbons (Fsp3) is 0.900. The molecule has 0 saturated heterocycles. The zero-order chi connectivity index (χ0) is 9.14. The van der Waals surface area contributed by atoms with E-state index in [1.54, 1.807) is 0 Å². The van der Waals surface area contributed by atoms with Crippen LogP contribution in [0.5, 0.6) is 0 Å². The molecule has 0 bridgehead atoms. The third kappa shape index (κ3) is 1.61. The second-order valence-electron chi connectivity index (χ2n) is 3.95. The summed E-state index contributed by atoms with van der Waals surface area (Å²) in [6, 6.07) is 1.93. The molecule has 1 saturated carbocycles. The second-order valence-corrected chi connectivity index (χ2v) is 3.95. The average molecular weight is 166 g/mol. The van der Waals surface area contributed by atoms with Crippen LogP contribution in [0.3, 0.4) is 0 Å². The zero-order valence-corrected chi connectivity index (χ0v) is 7.96. The van der Waals surface area contributed by atoms with E-state index < -0.39 is 0 Å². The molecule has 2 N–H and O–H groups in total. The Morgan fingerprint density at radius 1 is 1.50 bits per heavy atom. The summed E-state index contributed by atoms with van der Waals surface area (Å²) in [6.45, 7) is 4.47. The Labute approximate surface area is 74.8 Å². The molecule has 12 heavy (non-hydrogen) atoms. The minimum Gasteiger partial charge on any atom is -0.316 e. The van der Waals surface area contributed by atoms with Crippen LogP contribution in [0.2, 0.25) is 0 Å². The highest BCUT2D eigenvalue weighted by atomic mass is 14.7. The van der Waals surface area contributed by atoms with Gasteiger partial charge in [0.05, 0.1) is 12.1 Å². The number of hydrogen-bond acceptors (Lipinski definition) is 2. The summed E-state index contributed by atoms with van der Waals surface area (Å²) in [5, 5.41) is 8.67. The van der Waals surface area contributed by atoms with Gasteiger partial charge in [0.2, 0.25) is 0 Å². The van der Waals surface area contributed by atoms with Gasteiger partial charge in [-0.3, -0.25) is 0 Å². The van der Waals surface area contributed by atoms with E-state index in [1.807, 2.05) is 0 Å². The highest BCUT2D eigenvalue weighted by molar-refractivity contribution is 5.00. The standard InChI is InChI=1S/C10H18N2/c1-3-7(2)8-4-5-9(8)10(12)6-11/h7-10H,3-5,12H2,1-2H3. The van der Waals surface area contributed by atoms with E-state index in [0.29, 0.717) is 11.8 Å². The van der Waals surface area contributed by atoms with Gasteiger partial charge in [-0.2, -0.15) is 5.26 Å². The average Bonchev–Trinajstić information content (AvgIpc) is 2.02. The number of nitrogens with zero attached hydrogens (tertiary/aromatic N) is 1. The molecule has 1 aliphatic rings. The van der Waals surface area contributed by atoms with Gasteiger partial charge in [0.15, 0.2) is 0 Å². The van der Waals surface area contributed by atoms with Gasteiger partial charge in [0.25, 0.3) is 0 Å². The van der Waals surface area contributed by atoms with Gasteiger partial charge in [-0.15, -0.1) is 0 Å². The summed E-state index contributed by atoms with van der Waals surface area (Å²) >= 11 is 0. The maximum absolute atomic E-state index is 8.67. The molecule has 2 heteroatoms. The molecule has 0 aromatic heterocycles. The van der Waals surface area contributed by atoms with Crippen molar-refractivity contribution in [1.82, 2.24) is 0 Å². The maximum Gasteiger partial charge on any atom is 0.0959 e. The van der Waals surface area contributed by atoms with Gasteiger partial charge in [-0.25, -0.2) is 0 Å². The quantitative estimate of drug-likeness (QED) is 0.696. The smallest absolute Gasteiger partial charge is 0.0959 e. The van der Waals surface area contributed by atoms with Crippen molar-refractivity contribution in [2.24, 2.45) is 23.5 Å². The van der Waals surface area contributed by atoms with E-state index in [0.717, 1.165) is 12.3 Å². The van der Waals surface area contributed by atoms with Crippen LogP contribution in [0, 0.1) is 29.1 Å². The molecule has 0 aliphatic heterocycles. The molecule has 0 aromatic carbocycles. The highest BCUT2D eigenvalue weighted by Gasteiger charge is 2.37. The van der Waals surface area contributed by atoms with Crippen LogP contribution in [0.15, 0.2) is 0 Å². The summed E-state index contributed by atoms with van der Waals surface area (Å²) in [5.74, 6) is 1.93. The van der Waals surface area contributed by atoms with Crippen molar-refractivity contribution in [3.63, 3.8) is 0 Å². The van der Waals surface area contributed by atoms with Crippen molar-refractivity contribution in [2.75, 3.05) is 0 Å². The fourth-order valence-electron chi connectivity index (χ4n) is 2.10. The molecule has 68 valence electrons.